The first-order chi connectivity index (χ1) is 5.84. The highest BCUT2D eigenvalue weighted by atomic mass is 16.3. The summed E-state index contributed by atoms with van der Waals surface area (Å²) in [5.74, 6) is 0.455. The summed E-state index contributed by atoms with van der Waals surface area (Å²) in [6.45, 7) is 5.64. The van der Waals surface area contributed by atoms with Gasteiger partial charge >= 0.3 is 0 Å². The molecule has 1 rings (SSSR count). The molecule has 1 saturated carbocycles. The van der Waals surface area contributed by atoms with E-state index in [2.05, 4.69) is 0 Å². The van der Waals surface area contributed by atoms with Crippen LogP contribution in [0.5, 0.6) is 0 Å². The molecular formula is C10H20O3. The molecule has 1 fully saturated rings. The van der Waals surface area contributed by atoms with E-state index < -0.39 is 17.8 Å². The van der Waals surface area contributed by atoms with E-state index in [4.69, 9.17) is 0 Å². The first-order valence-corrected chi connectivity index (χ1v) is 4.93. The molecule has 1 aliphatic rings. The summed E-state index contributed by atoms with van der Waals surface area (Å²) in [5, 5.41) is 29.0. The molecule has 13 heavy (non-hydrogen) atoms. The summed E-state index contributed by atoms with van der Waals surface area (Å²) in [7, 11) is 0. The zero-order valence-corrected chi connectivity index (χ0v) is 8.57. The summed E-state index contributed by atoms with van der Waals surface area (Å²) in [5.41, 5.74) is -1.12. The normalized spacial score (nSPS) is 46.8. The Morgan fingerprint density at radius 1 is 1.31 bits per heavy atom. The van der Waals surface area contributed by atoms with Gasteiger partial charge in [0.05, 0.1) is 17.8 Å². The fourth-order valence-corrected chi connectivity index (χ4v) is 2.10. The molecule has 78 valence electrons. The van der Waals surface area contributed by atoms with E-state index in [9.17, 15) is 15.3 Å². The van der Waals surface area contributed by atoms with Crippen molar-refractivity contribution in [2.24, 2.45) is 11.8 Å². The molecule has 0 aromatic heterocycles. The first kappa shape index (κ1) is 11.0. The molecule has 0 spiro atoms. The average Bonchev–Trinajstić information content (AvgIpc) is 1.95. The third kappa shape index (κ3) is 2.22. The first-order valence-electron chi connectivity index (χ1n) is 4.93. The fourth-order valence-electron chi connectivity index (χ4n) is 2.10. The van der Waals surface area contributed by atoms with Crippen molar-refractivity contribution in [2.45, 2.75) is 51.4 Å². The van der Waals surface area contributed by atoms with E-state index in [0.717, 1.165) is 0 Å². The van der Waals surface area contributed by atoms with Crippen LogP contribution in [-0.4, -0.2) is 33.1 Å². The zero-order valence-electron chi connectivity index (χ0n) is 8.57. The van der Waals surface area contributed by atoms with Gasteiger partial charge < -0.3 is 15.3 Å². The van der Waals surface area contributed by atoms with Gasteiger partial charge in [0.25, 0.3) is 0 Å². The number of hydrogen-bond acceptors (Lipinski definition) is 3. The van der Waals surface area contributed by atoms with E-state index in [1.54, 1.807) is 6.92 Å². The Morgan fingerprint density at radius 2 is 1.85 bits per heavy atom. The van der Waals surface area contributed by atoms with Crippen LogP contribution in [0.3, 0.4) is 0 Å². The van der Waals surface area contributed by atoms with Crippen molar-refractivity contribution in [2.75, 3.05) is 0 Å². The molecule has 4 atom stereocenters. The summed E-state index contributed by atoms with van der Waals surface area (Å²) in [6, 6.07) is 0. The van der Waals surface area contributed by atoms with Gasteiger partial charge in [0, 0.05) is 6.42 Å². The van der Waals surface area contributed by atoms with Gasteiger partial charge in [-0.3, -0.25) is 0 Å². The maximum atomic E-state index is 9.72. The highest BCUT2D eigenvalue weighted by Crippen LogP contribution is 2.35. The van der Waals surface area contributed by atoms with E-state index in [1.165, 1.54) is 0 Å². The van der Waals surface area contributed by atoms with Gasteiger partial charge in [-0.15, -0.1) is 0 Å². The van der Waals surface area contributed by atoms with Crippen LogP contribution in [0.25, 0.3) is 0 Å². The Labute approximate surface area is 79.4 Å². The van der Waals surface area contributed by atoms with Crippen molar-refractivity contribution in [1.82, 2.24) is 0 Å². The lowest BCUT2D eigenvalue weighted by Crippen LogP contribution is -2.51. The number of aliphatic hydroxyl groups is 3. The molecule has 0 heterocycles. The second-order valence-electron chi connectivity index (χ2n) is 4.79. The molecule has 0 amide bonds. The molecule has 0 aliphatic heterocycles. The van der Waals surface area contributed by atoms with E-state index >= 15 is 0 Å². The SMILES string of the molecule is CC(C)C1CC(O)C(C)(O)CC1O. The Hall–Kier alpha value is -0.120. The third-order valence-electron chi connectivity index (χ3n) is 3.19. The molecule has 0 saturated heterocycles. The Bertz CT molecular complexity index is 177. The van der Waals surface area contributed by atoms with Crippen molar-refractivity contribution in [3.05, 3.63) is 0 Å². The zero-order chi connectivity index (χ0) is 10.2. The lowest BCUT2D eigenvalue weighted by Gasteiger charge is -2.42. The minimum absolute atomic E-state index is 0.107. The number of aliphatic hydroxyl groups excluding tert-OH is 2. The van der Waals surface area contributed by atoms with E-state index in [1.807, 2.05) is 13.8 Å². The standard InChI is InChI=1S/C10H20O3/c1-6(2)7-4-9(12)10(3,13)5-8(7)11/h6-9,11-13H,4-5H2,1-3H3. The number of hydrogen-bond donors (Lipinski definition) is 3. The van der Waals surface area contributed by atoms with Crippen molar-refractivity contribution in [1.29, 1.82) is 0 Å². The molecule has 3 heteroatoms. The van der Waals surface area contributed by atoms with Crippen LogP contribution < -0.4 is 0 Å². The summed E-state index contributed by atoms with van der Waals surface area (Å²) >= 11 is 0. The molecule has 0 aromatic carbocycles. The van der Waals surface area contributed by atoms with Crippen molar-refractivity contribution >= 4 is 0 Å². The second kappa shape index (κ2) is 3.56. The Balaban J connectivity index is 2.67. The average molecular weight is 188 g/mol. The van der Waals surface area contributed by atoms with Crippen LogP contribution in [0.4, 0.5) is 0 Å². The smallest absolute Gasteiger partial charge is 0.0902 e. The molecular weight excluding hydrogens is 168 g/mol. The minimum atomic E-state index is -1.12. The van der Waals surface area contributed by atoms with Crippen LogP contribution in [0, 0.1) is 11.8 Å². The van der Waals surface area contributed by atoms with Crippen LogP contribution in [-0.2, 0) is 0 Å². The minimum Gasteiger partial charge on any atom is -0.393 e. The number of rotatable bonds is 1. The van der Waals surface area contributed by atoms with Gasteiger partial charge in [0.15, 0.2) is 0 Å². The highest BCUT2D eigenvalue weighted by molar-refractivity contribution is 4.94. The molecule has 1 aliphatic carbocycles. The van der Waals surface area contributed by atoms with Crippen LogP contribution >= 0.6 is 0 Å². The monoisotopic (exact) mass is 188 g/mol. The van der Waals surface area contributed by atoms with Gasteiger partial charge in [-0.25, -0.2) is 0 Å². The Morgan fingerprint density at radius 3 is 2.31 bits per heavy atom. The van der Waals surface area contributed by atoms with E-state index in [0.29, 0.717) is 12.3 Å². The van der Waals surface area contributed by atoms with Crippen LogP contribution in [0.1, 0.15) is 33.6 Å². The Kier molecular flexibility index (Phi) is 3.00. The molecule has 3 N–H and O–H groups in total. The van der Waals surface area contributed by atoms with Crippen LogP contribution in [0.2, 0.25) is 0 Å². The third-order valence-corrected chi connectivity index (χ3v) is 3.19. The highest BCUT2D eigenvalue weighted by Gasteiger charge is 2.43. The maximum Gasteiger partial charge on any atom is 0.0902 e. The molecule has 0 radical (unpaired) electrons. The van der Waals surface area contributed by atoms with Crippen molar-refractivity contribution in [3.8, 4) is 0 Å². The fraction of sp³-hybridized carbons (Fsp3) is 1.00. The van der Waals surface area contributed by atoms with Gasteiger partial charge in [0.2, 0.25) is 0 Å². The van der Waals surface area contributed by atoms with Crippen molar-refractivity contribution < 1.29 is 15.3 Å². The lowest BCUT2D eigenvalue weighted by molar-refractivity contribution is -0.143. The lowest BCUT2D eigenvalue weighted by atomic mass is 9.72. The van der Waals surface area contributed by atoms with E-state index in [-0.39, 0.29) is 12.3 Å². The summed E-state index contributed by atoms with van der Waals surface area (Å²) in [6.07, 6.45) is -0.426. The topological polar surface area (TPSA) is 60.7 Å². The van der Waals surface area contributed by atoms with Crippen molar-refractivity contribution in [3.63, 3.8) is 0 Å². The largest absolute Gasteiger partial charge is 0.393 e. The summed E-state index contributed by atoms with van der Waals surface area (Å²) < 4.78 is 0. The molecule has 3 nitrogen and oxygen atoms in total. The summed E-state index contributed by atoms with van der Waals surface area (Å²) in [4.78, 5) is 0. The second-order valence-corrected chi connectivity index (χ2v) is 4.79. The van der Waals surface area contributed by atoms with Gasteiger partial charge in [-0.05, 0) is 25.2 Å². The van der Waals surface area contributed by atoms with Gasteiger partial charge in [0.1, 0.15) is 0 Å². The quantitative estimate of drug-likeness (QED) is 0.562. The molecule has 0 aromatic rings. The van der Waals surface area contributed by atoms with Gasteiger partial charge in [-0.2, -0.15) is 0 Å². The van der Waals surface area contributed by atoms with Gasteiger partial charge in [-0.1, -0.05) is 13.8 Å². The predicted molar refractivity (Wildman–Crippen MR) is 50.2 cm³/mol. The molecule has 4 unspecified atom stereocenters. The predicted octanol–water partition coefficient (Wildman–Crippen LogP) is 0.525. The van der Waals surface area contributed by atoms with Crippen LogP contribution in [0.15, 0.2) is 0 Å². The maximum absolute atomic E-state index is 9.72. The molecule has 0 bridgehead atoms.